The Bertz CT molecular complexity index is 1510. The molecule has 9 nitrogen and oxygen atoms in total. The molecule has 0 unspecified atom stereocenters. The summed E-state index contributed by atoms with van der Waals surface area (Å²) >= 11 is 0. The second-order valence-electron chi connectivity index (χ2n) is 7.65. The number of benzene rings is 2. The van der Waals surface area contributed by atoms with Crippen LogP contribution in [0.5, 0.6) is 5.75 Å². The van der Waals surface area contributed by atoms with E-state index in [1.807, 2.05) is 30.3 Å². The lowest BCUT2D eigenvalue weighted by Gasteiger charge is -2.14. The molecule has 176 valence electrons. The predicted octanol–water partition coefficient (Wildman–Crippen LogP) is 3.15. The molecule has 2 aromatic heterocycles. The van der Waals surface area contributed by atoms with Gasteiger partial charge in [-0.05, 0) is 30.7 Å². The number of nitrogens with one attached hydrogen (secondary N) is 1. The molecule has 0 aliphatic rings. The summed E-state index contributed by atoms with van der Waals surface area (Å²) in [6.07, 6.45) is 0.111. The Morgan fingerprint density at radius 1 is 1.12 bits per heavy atom. The first-order valence-electron chi connectivity index (χ1n) is 10.6. The van der Waals surface area contributed by atoms with Crippen LogP contribution in [0.3, 0.4) is 0 Å². The number of hydrogen-bond donors (Lipinski definition) is 1. The lowest BCUT2D eigenvalue weighted by atomic mass is 10.1. The van der Waals surface area contributed by atoms with Gasteiger partial charge in [0.15, 0.2) is 15.5 Å². The van der Waals surface area contributed by atoms with E-state index >= 15 is 0 Å². The molecule has 0 saturated heterocycles. The number of rotatable bonds is 8. The largest absolute Gasteiger partial charge is 0.485 e. The maximum absolute atomic E-state index is 12.6. The van der Waals surface area contributed by atoms with Gasteiger partial charge in [0.25, 0.3) is 5.56 Å². The van der Waals surface area contributed by atoms with Gasteiger partial charge in [-0.25, -0.2) is 13.4 Å². The molecule has 0 bridgehead atoms. The molecule has 0 spiro atoms. The van der Waals surface area contributed by atoms with E-state index in [2.05, 4.69) is 10.3 Å². The molecule has 0 radical (unpaired) electrons. The number of anilines is 1. The molecular weight excluding hydrogens is 458 g/mol. The second kappa shape index (κ2) is 9.52. The van der Waals surface area contributed by atoms with Gasteiger partial charge < -0.3 is 14.6 Å². The molecule has 2 heterocycles. The quantitative estimate of drug-likeness (QED) is 0.410. The number of fused-ring (bicyclic) bond motifs is 1. The monoisotopic (exact) mass is 481 g/mol. The van der Waals surface area contributed by atoms with Gasteiger partial charge in [0.1, 0.15) is 18.1 Å². The molecule has 0 atom stereocenters. The van der Waals surface area contributed by atoms with Crippen LogP contribution in [0, 0.1) is 6.92 Å². The van der Waals surface area contributed by atoms with Crippen molar-refractivity contribution in [3.05, 3.63) is 88.0 Å². The van der Waals surface area contributed by atoms with E-state index in [1.54, 1.807) is 19.9 Å². The lowest BCUT2D eigenvalue weighted by Crippen LogP contribution is -2.17. The molecule has 1 N–H and O–H groups in total. The first kappa shape index (κ1) is 23.2. The summed E-state index contributed by atoms with van der Waals surface area (Å²) in [4.78, 5) is 29.3. The van der Waals surface area contributed by atoms with Crippen molar-refractivity contribution in [2.75, 3.05) is 11.1 Å². The van der Waals surface area contributed by atoms with E-state index in [0.717, 1.165) is 10.1 Å². The number of hydrogen-bond acceptors (Lipinski definition) is 7. The number of carbonyl (C=O) groups excluding carboxylic acids is 1. The zero-order valence-electron chi connectivity index (χ0n) is 18.6. The normalized spacial score (nSPS) is 11.5. The van der Waals surface area contributed by atoms with Gasteiger partial charge in [-0.1, -0.05) is 37.3 Å². The average molecular weight is 482 g/mol. The summed E-state index contributed by atoms with van der Waals surface area (Å²) < 4.78 is 36.9. The van der Waals surface area contributed by atoms with Crippen molar-refractivity contribution in [2.24, 2.45) is 0 Å². The van der Waals surface area contributed by atoms with Crippen LogP contribution in [0.25, 0.3) is 5.65 Å². The van der Waals surface area contributed by atoms with Crippen LogP contribution in [0.4, 0.5) is 5.69 Å². The third-order valence-corrected chi connectivity index (χ3v) is 6.80. The van der Waals surface area contributed by atoms with Crippen LogP contribution in [-0.2, 0) is 27.7 Å². The fourth-order valence-electron chi connectivity index (χ4n) is 3.37. The van der Waals surface area contributed by atoms with E-state index in [0.29, 0.717) is 17.1 Å². The molecule has 0 saturated carbocycles. The van der Waals surface area contributed by atoms with Gasteiger partial charge in [0, 0.05) is 12.1 Å². The zero-order valence-corrected chi connectivity index (χ0v) is 19.5. The number of aryl methyl sites for hydroxylation is 1. The third kappa shape index (κ3) is 5.18. The molecule has 0 aliphatic carbocycles. The van der Waals surface area contributed by atoms with Crippen LogP contribution in [0.15, 0.2) is 74.9 Å². The number of carbonyl (C=O) groups is 1. The highest BCUT2D eigenvalue weighted by atomic mass is 32.2. The molecule has 0 fully saturated rings. The average Bonchev–Trinajstić information content (AvgIpc) is 3.19. The molecule has 10 heteroatoms. The molecule has 4 aromatic rings. The number of amides is 1. The number of aromatic nitrogens is 2. The molecular formula is C24H23N3O6S. The lowest BCUT2D eigenvalue weighted by molar-refractivity contribution is -0.115. The van der Waals surface area contributed by atoms with Crippen molar-refractivity contribution in [2.45, 2.75) is 31.8 Å². The van der Waals surface area contributed by atoms with Gasteiger partial charge in [-0.3, -0.25) is 9.59 Å². The van der Waals surface area contributed by atoms with Crippen molar-refractivity contribution in [3.63, 3.8) is 0 Å². The van der Waals surface area contributed by atoms with E-state index in [9.17, 15) is 18.0 Å². The van der Waals surface area contributed by atoms with Gasteiger partial charge in [-0.2, -0.15) is 0 Å². The number of sulfone groups is 1. The fourth-order valence-corrected chi connectivity index (χ4v) is 4.27. The first-order valence-corrected chi connectivity index (χ1v) is 12.2. The van der Waals surface area contributed by atoms with Crippen molar-refractivity contribution in [1.29, 1.82) is 0 Å². The summed E-state index contributed by atoms with van der Waals surface area (Å²) in [6.45, 7) is 3.18. The minimum absolute atomic E-state index is 0.0720. The Morgan fingerprint density at radius 2 is 1.88 bits per heavy atom. The van der Waals surface area contributed by atoms with Gasteiger partial charge in [0.05, 0.1) is 28.5 Å². The third-order valence-electron chi connectivity index (χ3n) is 5.07. The first-order chi connectivity index (χ1) is 16.2. The fraction of sp³-hybridized carbons (Fsp3) is 0.208. The summed E-state index contributed by atoms with van der Waals surface area (Å²) in [5.74, 6) is 0.386. The van der Waals surface area contributed by atoms with Crippen LogP contribution in [0.1, 0.15) is 23.9 Å². The maximum atomic E-state index is 12.6. The van der Waals surface area contributed by atoms with E-state index < -0.39 is 15.4 Å². The minimum atomic E-state index is -3.50. The standard InChI is InChI=1S/C24H23N3O6S/c1-3-34(30,31)19-9-10-21(20(14-19)26-23(28)12-17-7-5-4-6-8-17)32-15-18-13-24(29)27-22(25-18)11-16(2)33-27/h4-11,13-14H,3,12,15H2,1-2H3,(H,26,28). The smallest absolute Gasteiger partial charge is 0.287 e. The highest BCUT2D eigenvalue weighted by Crippen LogP contribution is 2.29. The van der Waals surface area contributed by atoms with E-state index in [4.69, 9.17) is 9.26 Å². The van der Waals surface area contributed by atoms with Gasteiger partial charge in [-0.15, -0.1) is 4.57 Å². The number of nitrogens with zero attached hydrogens (tertiary/aromatic N) is 2. The topological polar surface area (TPSA) is 120 Å². The maximum Gasteiger partial charge on any atom is 0.287 e. The Balaban J connectivity index is 1.60. The van der Waals surface area contributed by atoms with E-state index in [1.165, 1.54) is 24.3 Å². The Kier molecular flexibility index (Phi) is 6.51. The molecule has 34 heavy (non-hydrogen) atoms. The summed E-state index contributed by atoms with van der Waals surface area (Å²) in [5, 5.41) is 2.75. The van der Waals surface area contributed by atoms with E-state index in [-0.39, 0.29) is 41.0 Å². The molecule has 2 aromatic carbocycles. The van der Waals surface area contributed by atoms with Crippen LogP contribution in [-0.4, -0.2) is 29.6 Å². The minimum Gasteiger partial charge on any atom is -0.485 e. The van der Waals surface area contributed by atoms with Crippen LogP contribution < -0.4 is 15.6 Å². The van der Waals surface area contributed by atoms with Gasteiger partial charge in [0.2, 0.25) is 5.91 Å². The van der Waals surface area contributed by atoms with Crippen molar-refractivity contribution < 1.29 is 22.5 Å². The summed E-state index contributed by atoms with van der Waals surface area (Å²) in [7, 11) is -3.50. The highest BCUT2D eigenvalue weighted by Gasteiger charge is 2.17. The summed E-state index contributed by atoms with van der Waals surface area (Å²) in [5.41, 5.74) is 1.35. The van der Waals surface area contributed by atoms with Gasteiger partial charge >= 0.3 is 0 Å². The van der Waals surface area contributed by atoms with Crippen molar-refractivity contribution in [3.8, 4) is 5.75 Å². The van der Waals surface area contributed by atoms with Crippen molar-refractivity contribution in [1.82, 2.24) is 9.56 Å². The Hall–Kier alpha value is -3.92. The Labute approximate surface area is 195 Å². The highest BCUT2D eigenvalue weighted by molar-refractivity contribution is 7.91. The van der Waals surface area contributed by atoms with Crippen molar-refractivity contribution >= 4 is 27.1 Å². The predicted molar refractivity (Wildman–Crippen MR) is 126 cm³/mol. The molecule has 4 rings (SSSR count). The summed E-state index contributed by atoms with van der Waals surface area (Å²) in [6, 6.07) is 16.4. The SMILES string of the molecule is CCS(=O)(=O)c1ccc(OCc2cc(=O)n3oc(C)cc3n2)c(NC(=O)Cc2ccccc2)c1. The molecule has 0 aliphatic heterocycles. The molecule has 1 amide bonds. The Morgan fingerprint density at radius 3 is 2.62 bits per heavy atom. The second-order valence-corrected chi connectivity index (χ2v) is 9.92. The van der Waals surface area contributed by atoms with Crippen LogP contribution in [0.2, 0.25) is 0 Å². The zero-order chi connectivity index (χ0) is 24.3. The number of ether oxygens (including phenoxy) is 1. The van der Waals surface area contributed by atoms with Crippen LogP contribution >= 0.6 is 0 Å².